The highest BCUT2D eigenvalue weighted by molar-refractivity contribution is 9.10. The molecule has 0 aliphatic carbocycles. The molecule has 166 valence electrons. The lowest BCUT2D eigenvalue weighted by atomic mass is 9.90. The third kappa shape index (κ3) is 6.47. The number of hydrogen-bond acceptors (Lipinski definition) is 3. The van der Waals surface area contributed by atoms with Gasteiger partial charge in [-0.05, 0) is 80.6 Å². The van der Waals surface area contributed by atoms with Crippen molar-refractivity contribution < 1.29 is 9.53 Å². The number of carbonyl (C=O) groups excluding carboxylic acids is 1. The third-order valence-corrected chi connectivity index (χ3v) is 7.48. The fraction of sp³-hybridized carbons (Fsp3) is 0.480. The average molecular weight is 506 g/mol. The summed E-state index contributed by atoms with van der Waals surface area (Å²) in [5.74, 6) is 1.12. The molecule has 2 heterocycles. The first-order valence-corrected chi connectivity index (χ1v) is 12.4. The van der Waals surface area contributed by atoms with Crippen LogP contribution in [0.15, 0.2) is 53.0 Å². The number of halogens is 2. The summed E-state index contributed by atoms with van der Waals surface area (Å²) in [6.45, 7) is 5.32. The molecule has 2 aliphatic heterocycles. The molecule has 6 heteroatoms. The second-order valence-corrected chi connectivity index (χ2v) is 10.1. The number of carbonyl (C=O) groups is 1. The average Bonchev–Trinajstić information content (AvgIpc) is 2.78. The predicted molar refractivity (Wildman–Crippen MR) is 128 cm³/mol. The normalized spacial score (nSPS) is 20.6. The highest BCUT2D eigenvalue weighted by atomic mass is 79.9. The number of benzene rings is 2. The molecule has 4 nitrogen and oxygen atoms in total. The maximum absolute atomic E-state index is 12.2. The van der Waals surface area contributed by atoms with Crippen LogP contribution < -0.4 is 0 Å². The third-order valence-electron chi connectivity index (χ3n) is 6.47. The Morgan fingerprint density at radius 3 is 2.61 bits per heavy atom. The van der Waals surface area contributed by atoms with Crippen LogP contribution in [0, 0.1) is 11.8 Å². The number of piperidine rings is 1. The lowest BCUT2D eigenvalue weighted by Crippen LogP contribution is -2.44. The highest BCUT2D eigenvalue weighted by Gasteiger charge is 2.28. The molecule has 31 heavy (non-hydrogen) atoms. The SMILES string of the molecule is O=C1OCC(CCN2CCC(Cc3cc(Cl)ccc3Br)CC2)CN1Cc1ccccc1. The number of amides is 1. The Morgan fingerprint density at radius 1 is 1.06 bits per heavy atom. The maximum atomic E-state index is 12.2. The van der Waals surface area contributed by atoms with E-state index >= 15 is 0 Å². The molecule has 4 rings (SSSR count). The van der Waals surface area contributed by atoms with Crippen molar-refractivity contribution in [2.45, 2.75) is 32.2 Å². The fourth-order valence-electron chi connectivity index (χ4n) is 4.62. The zero-order valence-electron chi connectivity index (χ0n) is 17.8. The van der Waals surface area contributed by atoms with Crippen LogP contribution in [-0.4, -0.2) is 48.7 Å². The van der Waals surface area contributed by atoms with Crippen molar-refractivity contribution in [1.29, 1.82) is 0 Å². The molecule has 0 spiro atoms. The van der Waals surface area contributed by atoms with E-state index in [4.69, 9.17) is 16.3 Å². The predicted octanol–water partition coefficient (Wildman–Crippen LogP) is 6.02. The first-order valence-electron chi connectivity index (χ1n) is 11.2. The van der Waals surface area contributed by atoms with Crippen molar-refractivity contribution in [3.63, 3.8) is 0 Å². The molecule has 0 bridgehead atoms. The standard InChI is InChI=1S/C25H30BrClN2O2/c26-24-7-6-23(27)15-22(24)14-19-8-11-28(12-9-19)13-10-21-17-29(25(30)31-18-21)16-20-4-2-1-3-5-20/h1-7,15,19,21H,8-14,16-18H2. The van der Waals surface area contributed by atoms with Crippen LogP contribution in [0.25, 0.3) is 0 Å². The lowest BCUT2D eigenvalue weighted by molar-refractivity contribution is 0.0334. The van der Waals surface area contributed by atoms with Gasteiger partial charge in [-0.25, -0.2) is 4.79 Å². The highest BCUT2D eigenvalue weighted by Crippen LogP contribution is 2.28. The van der Waals surface area contributed by atoms with E-state index in [-0.39, 0.29) is 6.09 Å². The molecule has 0 saturated carbocycles. The van der Waals surface area contributed by atoms with Crippen molar-refractivity contribution in [2.75, 3.05) is 32.8 Å². The molecule has 1 unspecified atom stereocenters. The Balaban J connectivity index is 1.20. The Bertz CT molecular complexity index is 871. The van der Waals surface area contributed by atoms with Gasteiger partial charge in [-0.2, -0.15) is 0 Å². The van der Waals surface area contributed by atoms with Crippen LogP contribution in [0.1, 0.15) is 30.4 Å². The maximum Gasteiger partial charge on any atom is 0.410 e. The van der Waals surface area contributed by atoms with E-state index in [1.165, 1.54) is 18.4 Å². The summed E-state index contributed by atoms with van der Waals surface area (Å²) in [5, 5.41) is 0.810. The van der Waals surface area contributed by atoms with Gasteiger partial charge < -0.3 is 14.5 Å². The van der Waals surface area contributed by atoms with Gasteiger partial charge in [0, 0.05) is 28.5 Å². The molecule has 2 aromatic carbocycles. The molecule has 0 radical (unpaired) electrons. The van der Waals surface area contributed by atoms with Crippen LogP contribution in [0.5, 0.6) is 0 Å². The van der Waals surface area contributed by atoms with Crippen molar-refractivity contribution >= 4 is 33.6 Å². The largest absolute Gasteiger partial charge is 0.449 e. The first kappa shape index (κ1) is 22.6. The summed E-state index contributed by atoms with van der Waals surface area (Å²) in [6.07, 6.45) is 4.41. The molecule has 1 amide bonds. The van der Waals surface area contributed by atoms with E-state index in [0.29, 0.717) is 25.0 Å². The minimum Gasteiger partial charge on any atom is -0.449 e. The van der Waals surface area contributed by atoms with Crippen LogP contribution in [-0.2, 0) is 17.7 Å². The number of hydrogen-bond donors (Lipinski definition) is 0. The molecule has 0 N–H and O–H groups in total. The summed E-state index contributed by atoms with van der Waals surface area (Å²) >= 11 is 9.83. The van der Waals surface area contributed by atoms with Crippen LogP contribution in [0.4, 0.5) is 4.79 Å². The van der Waals surface area contributed by atoms with E-state index < -0.39 is 0 Å². The molecule has 2 aliphatic rings. The zero-order valence-corrected chi connectivity index (χ0v) is 20.2. The second-order valence-electron chi connectivity index (χ2n) is 8.82. The van der Waals surface area contributed by atoms with Crippen molar-refractivity contribution in [1.82, 2.24) is 9.80 Å². The Labute approximate surface area is 198 Å². The van der Waals surface area contributed by atoms with E-state index in [1.54, 1.807) is 0 Å². The molecule has 2 aromatic rings. The Hall–Kier alpha value is -1.56. The molecular weight excluding hydrogens is 476 g/mol. The van der Waals surface area contributed by atoms with Crippen LogP contribution >= 0.6 is 27.5 Å². The zero-order chi connectivity index (χ0) is 21.6. The van der Waals surface area contributed by atoms with Gasteiger partial charge in [0.2, 0.25) is 0 Å². The number of nitrogens with zero attached hydrogens (tertiary/aromatic N) is 2. The van der Waals surface area contributed by atoms with Crippen molar-refractivity contribution in [2.24, 2.45) is 11.8 Å². The fourth-order valence-corrected chi connectivity index (χ4v) is 5.22. The smallest absolute Gasteiger partial charge is 0.410 e. The Morgan fingerprint density at radius 2 is 1.84 bits per heavy atom. The van der Waals surface area contributed by atoms with Crippen LogP contribution in [0.3, 0.4) is 0 Å². The minimum absolute atomic E-state index is 0.187. The summed E-state index contributed by atoms with van der Waals surface area (Å²) < 4.78 is 6.63. The van der Waals surface area contributed by atoms with Gasteiger partial charge in [0.05, 0.1) is 6.61 Å². The quantitative estimate of drug-likeness (QED) is 0.461. The molecule has 2 saturated heterocycles. The molecule has 1 atom stereocenters. The Kier molecular flexibility index (Phi) is 7.91. The van der Waals surface area contributed by atoms with Gasteiger partial charge in [-0.15, -0.1) is 0 Å². The number of cyclic esters (lactones) is 1. The van der Waals surface area contributed by atoms with Gasteiger partial charge in [-0.3, -0.25) is 0 Å². The van der Waals surface area contributed by atoms with Gasteiger partial charge in [-0.1, -0.05) is 57.9 Å². The van der Waals surface area contributed by atoms with Gasteiger partial charge >= 0.3 is 6.09 Å². The van der Waals surface area contributed by atoms with E-state index in [1.807, 2.05) is 35.2 Å². The topological polar surface area (TPSA) is 32.8 Å². The summed E-state index contributed by atoms with van der Waals surface area (Å²) in [6, 6.07) is 16.2. The second kappa shape index (κ2) is 10.8. The van der Waals surface area contributed by atoms with E-state index in [2.05, 4.69) is 39.0 Å². The van der Waals surface area contributed by atoms with E-state index in [9.17, 15) is 4.79 Å². The molecule has 0 aromatic heterocycles. The van der Waals surface area contributed by atoms with E-state index in [0.717, 1.165) is 54.1 Å². The van der Waals surface area contributed by atoms with Gasteiger partial charge in [0.25, 0.3) is 0 Å². The summed E-state index contributed by atoms with van der Waals surface area (Å²) in [4.78, 5) is 16.6. The first-order chi connectivity index (χ1) is 15.1. The van der Waals surface area contributed by atoms with Crippen LogP contribution in [0.2, 0.25) is 5.02 Å². The number of ether oxygens (including phenoxy) is 1. The van der Waals surface area contributed by atoms with Gasteiger partial charge in [0.15, 0.2) is 0 Å². The monoisotopic (exact) mass is 504 g/mol. The molecular formula is C25H30BrClN2O2. The number of rotatable bonds is 7. The van der Waals surface area contributed by atoms with Crippen molar-refractivity contribution in [3.05, 3.63) is 69.2 Å². The minimum atomic E-state index is -0.187. The number of likely N-dealkylation sites (tertiary alicyclic amines) is 1. The van der Waals surface area contributed by atoms with Gasteiger partial charge in [0.1, 0.15) is 0 Å². The lowest BCUT2D eigenvalue weighted by Gasteiger charge is -2.35. The van der Waals surface area contributed by atoms with Crippen molar-refractivity contribution in [3.8, 4) is 0 Å². The summed E-state index contributed by atoms with van der Waals surface area (Å²) in [5.41, 5.74) is 2.46. The summed E-state index contributed by atoms with van der Waals surface area (Å²) in [7, 11) is 0. The molecule has 2 fully saturated rings.